The van der Waals surface area contributed by atoms with E-state index in [0.29, 0.717) is 13.1 Å². The number of aromatic nitrogens is 4. The Bertz CT molecular complexity index is 661. The van der Waals surface area contributed by atoms with Crippen LogP contribution in [0.5, 0.6) is 0 Å². The summed E-state index contributed by atoms with van der Waals surface area (Å²) in [5, 5.41) is 6.22. The molecule has 3 rings (SSSR count). The van der Waals surface area contributed by atoms with Gasteiger partial charge in [-0.15, -0.1) is 0 Å². The Morgan fingerprint density at radius 1 is 1.42 bits per heavy atom. The van der Waals surface area contributed by atoms with Gasteiger partial charge in [-0.05, 0) is 13.3 Å². The average Bonchev–Trinajstić information content (AvgIpc) is 3.10. The molecule has 1 aliphatic rings. The Morgan fingerprint density at radius 3 is 2.89 bits per heavy atom. The van der Waals surface area contributed by atoms with Gasteiger partial charge in [0, 0.05) is 37.1 Å². The summed E-state index contributed by atoms with van der Waals surface area (Å²) in [6.07, 6.45) is 5.28. The SMILES string of the molecule is Cc1cnc(C2CCN(S(=O)(=O)c3cn[nH]c3)C2)[nH]1. The zero-order valence-electron chi connectivity index (χ0n) is 10.5. The van der Waals surface area contributed by atoms with Gasteiger partial charge in [0.1, 0.15) is 10.7 Å². The van der Waals surface area contributed by atoms with E-state index in [1.165, 1.54) is 16.7 Å². The maximum atomic E-state index is 12.3. The summed E-state index contributed by atoms with van der Waals surface area (Å²) in [7, 11) is -3.43. The fraction of sp³-hybridized carbons (Fsp3) is 0.455. The lowest BCUT2D eigenvalue weighted by Crippen LogP contribution is -2.28. The van der Waals surface area contributed by atoms with E-state index in [2.05, 4.69) is 20.2 Å². The van der Waals surface area contributed by atoms with Crippen molar-refractivity contribution in [3.63, 3.8) is 0 Å². The van der Waals surface area contributed by atoms with Crippen molar-refractivity contribution in [2.75, 3.05) is 13.1 Å². The highest BCUT2D eigenvalue weighted by atomic mass is 32.2. The minimum atomic E-state index is -3.43. The van der Waals surface area contributed by atoms with Crippen molar-refractivity contribution < 1.29 is 8.42 Å². The van der Waals surface area contributed by atoms with Gasteiger partial charge in [0.25, 0.3) is 0 Å². The number of imidazole rings is 1. The minimum absolute atomic E-state index is 0.135. The minimum Gasteiger partial charge on any atom is -0.346 e. The molecule has 102 valence electrons. The largest absolute Gasteiger partial charge is 0.346 e. The van der Waals surface area contributed by atoms with E-state index in [-0.39, 0.29) is 10.8 Å². The Balaban J connectivity index is 1.79. The molecule has 1 aliphatic heterocycles. The molecule has 0 bridgehead atoms. The fourth-order valence-electron chi connectivity index (χ4n) is 2.34. The molecule has 3 heterocycles. The predicted molar refractivity (Wildman–Crippen MR) is 68.0 cm³/mol. The molecule has 0 aromatic carbocycles. The molecular weight excluding hydrogens is 266 g/mol. The predicted octanol–water partition coefficient (Wildman–Crippen LogP) is 0.619. The first-order valence-electron chi connectivity index (χ1n) is 6.08. The number of hydrogen-bond acceptors (Lipinski definition) is 4. The first-order valence-corrected chi connectivity index (χ1v) is 7.52. The number of aryl methyl sites for hydroxylation is 1. The number of H-pyrrole nitrogens is 2. The molecule has 0 radical (unpaired) electrons. The van der Waals surface area contributed by atoms with Crippen LogP contribution >= 0.6 is 0 Å². The van der Waals surface area contributed by atoms with Crippen LogP contribution in [0, 0.1) is 6.92 Å². The monoisotopic (exact) mass is 281 g/mol. The number of nitrogens with zero attached hydrogens (tertiary/aromatic N) is 3. The lowest BCUT2D eigenvalue weighted by molar-refractivity contribution is 0.471. The number of sulfonamides is 1. The van der Waals surface area contributed by atoms with Crippen LogP contribution in [0.4, 0.5) is 0 Å². The number of aromatic amines is 2. The molecule has 1 atom stereocenters. The smallest absolute Gasteiger partial charge is 0.246 e. The summed E-state index contributed by atoms with van der Waals surface area (Å²) < 4.78 is 26.1. The third kappa shape index (κ3) is 2.17. The first kappa shape index (κ1) is 12.4. The Morgan fingerprint density at radius 2 is 2.26 bits per heavy atom. The number of hydrogen-bond donors (Lipinski definition) is 2. The molecule has 2 aromatic heterocycles. The molecule has 2 aromatic rings. The van der Waals surface area contributed by atoms with Crippen molar-refractivity contribution in [1.29, 1.82) is 0 Å². The average molecular weight is 281 g/mol. The van der Waals surface area contributed by atoms with E-state index >= 15 is 0 Å². The maximum absolute atomic E-state index is 12.3. The highest BCUT2D eigenvalue weighted by Gasteiger charge is 2.34. The van der Waals surface area contributed by atoms with E-state index in [9.17, 15) is 8.42 Å². The van der Waals surface area contributed by atoms with E-state index in [4.69, 9.17) is 0 Å². The van der Waals surface area contributed by atoms with Crippen LogP contribution in [0.1, 0.15) is 23.9 Å². The molecule has 0 saturated carbocycles. The first-order chi connectivity index (χ1) is 9.07. The van der Waals surface area contributed by atoms with Gasteiger partial charge >= 0.3 is 0 Å². The van der Waals surface area contributed by atoms with Gasteiger partial charge in [-0.2, -0.15) is 9.40 Å². The normalized spacial score (nSPS) is 21.0. The Kier molecular flexibility index (Phi) is 2.90. The van der Waals surface area contributed by atoms with Gasteiger partial charge < -0.3 is 4.98 Å². The third-order valence-corrected chi connectivity index (χ3v) is 5.20. The molecule has 1 fully saturated rings. The van der Waals surface area contributed by atoms with E-state index < -0.39 is 10.0 Å². The van der Waals surface area contributed by atoms with Crippen molar-refractivity contribution in [1.82, 2.24) is 24.5 Å². The van der Waals surface area contributed by atoms with Gasteiger partial charge in [-0.25, -0.2) is 13.4 Å². The van der Waals surface area contributed by atoms with Crippen molar-refractivity contribution in [3.8, 4) is 0 Å². The van der Waals surface area contributed by atoms with Gasteiger partial charge in [0.2, 0.25) is 10.0 Å². The molecule has 0 aliphatic carbocycles. The molecule has 8 heteroatoms. The molecule has 1 unspecified atom stereocenters. The summed E-state index contributed by atoms with van der Waals surface area (Å²) in [4.78, 5) is 7.67. The van der Waals surface area contributed by atoms with Crippen molar-refractivity contribution in [2.45, 2.75) is 24.2 Å². The zero-order valence-corrected chi connectivity index (χ0v) is 11.3. The standard InChI is InChI=1S/C11H15N5O2S/c1-8-4-12-11(15-8)9-2-3-16(7-9)19(17,18)10-5-13-14-6-10/h4-6,9H,2-3,7H2,1H3,(H,12,15)(H,13,14). The summed E-state index contributed by atoms with van der Waals surface area (Å²) in [5.41, 5.74) is 0.992. The molecular formula is C11H15N5O2S. The van der Waals surface area contributed by atoms with Gasteiger partial charge in [-0.3, -0.25) is 5.10 Å². The molecule has 0 spiro atoms. The van der Waals surface area contributed by atoms with Crippen LogP contribution in [-0.4, -0.2) is 46.0 Å². The van der Waals surface area contributed by atoms with Crippen molar-refractivity contribution >= 4 is 10.0 Å². The molecule has 7 nitrogen and oxygen atoms in total. The van der Waals surface area contributed by atoms with Crippen LogP contribution in [0.2, 0.25) is 0 Å². The van der Waals surface area contributed by atoms with E-state index in [0.717, 1.165) is 17.9 Å². The second-order valence-electron chi connectivity index (χ2n) is 4.73. The lowest BCUT2D eigenvalue weighted by atomic mass is 10.1. The van der Waals surface area contributed by atoms with Crippen LogP contribution in [0.15, 0.2) is 23.5 Å². The fourth-order valence-corrected chi connectivity index (χ4v) is 3.75. The Hall–Kier alpha value is -1.67. The topological polar surface area (TPSA) is 94.7 Å². The van der Waals surface area contributed by atoms with Gasteiger partial charge in [0.05, 0.1) is 6.20 Å². The Labute approximate surface area is 111 Å². The molecule has 1 saturated heterocycles. The molecule has 0 amide bonds. The van der Waals surface area contributed by atoms with Gasteiger partial charge in [0.15, 0.2) is 0 Å². The van der Waals surface area contributed by atoms with Crippen molar-refractivity contribution in [3.05, 3.63) is 30.1 Å². The lowest BCUT2D eigenvalue weighted by Gasteiger charge is -2.14. The number of nitrogens with one attached hydrogen (secondary N) is 2. The van der Waals surface area contributed by atoms with Crippen LogP contribution in [-0.2, 0) is 10.0 Å². The summed E-state index contributed by atoms with van der Waals surface area (Å²) in [6, 6.07) is 0. The second-order valence-corrected chi connectivity index (χ2v) is 6.67. The van der Waals surface area contributed by atoms with Crippen molar-refractivity contribution in [2.24, 2.45) is 0 Å². The summed E-state index contributed by atoms with van der Waals surface area (Å²) in [6.45, 7) is 2.91. The quantitative estimate of drug-likeness (QED) is 0.862. The van der Waals surface area contributed by atoms with E-state index in [1.807, 2.05) is 6.92 Å². The van der Waals surface area contributed by atoms with Crippen LogP contribution < -0.4 is 0 Å². The third-order valence-electron chi connectivity index (χ3n) is 3.37. The summed E-state index contributed by atoms with van der Waals surface area (Å²) >= 11 is 0. The second kappa shape index (κ2) is 4.46. The van der Waals surface area contributed by atoms with E-state index in [1.54, 1.807) is 6.20 Å². The molecule has 19 heavy (non-hydrogen) atoms. The van der Waals surface area contributed by atoms with Crippen LogP contribution in [0.25, 0.3) is 0 Å². The highest BCUT2D eigenvalue weighted by Crippen LogP contribution is 2.29. The maximum Gasteiger partial charge on any atom is 0.246 e. The van der Waals surface area contributed by atoms with Crippen LogP contribution in [0.3, 0.4) is 0 Å². The van der Waals surface area contributed by atoms with Gasteiger partial charge in [-0.1, -0.05) is 0 Å². The number of rotatable bonds is 3. The summed E-state index contributed by atoms with van der Waals surface area (Å²) in [5.74, 6) is 0.998. The zero-order chi connectivity index (χ0) is 13.5. The highest BCUT2D eigenvalue weighted by molar-refractivity contribution is 7.89. The molecule has 2 N–H and O–H groups in total.